The monoisotopic (exact) mass is 175 g/mol. The molecule has 11 heavy (non-hydrogen) atoms. The van der Waals surface area contributed by atoms with E-state index in [2.05, 4.69) is 24.5 Å². The molecule has 2 atom stereocenters. The fraction of sp³-hybridized carbons (Fsp3) is 0.875. The standard InChI is InChI=1S/C8H17NOS/c1-7(9(2)3)4-8(5-10)6-11/h5,7-8,11H,4,6H2,1-3H3. The van der Waals surface area contributed by atoms with E-state index in [1.165, 1.54) is 0 Å². The second kappa shape index (κ2) is 5.61. The summed E-state index contributed by atoms with van der Waals surface area (Å²) in [5, 5.41) is 0. The lowest BCUT2D eigenvalue weighted by Crippen LogP contribution is -2.28. The molecule has 0 aromatic carbocycles. The third-order valence-electron chi connectivity index (χ3n) is 1.95. The van der Waals surface area contributed by atoms with Crippen molar-refractivity contribution >= 4 is 18.9 Å². The van der Waals surface area contributed by atoms with Crippen LogP contribution in [0.1, 0.15) is 13.3 Å². The van der Waals surface area contributed by atoms with Gasteiger partial charge in [-0.2, -0.15) is 12.6 Å². The van der Waals surface area contributed by atoms with Gasteiger partial charge in [-0.05, 0) is 33.2 Å². The zero-order valence-corrected chi connectivity index (χ0v) is 8.34. The van der Waals surface area contributed by atoms with Crippen LogP contribution < -0.4 is 0 Å². The number of aldehydes is 1. The highest BCUT2D eigenvalue weighted by Gasteiger charge is 2.11. The van der Waals surface area contributed by atoms with E-state index in [4.69, 9.17) is 0 Å². The first-order valence-corrected chi connectivity index (χ1v) is 4.47. The van der Waals surface area contributed by atoms with E-state index in [0.717, 1.165) is 12.7 Å². The molecule has 66 valence electrons. The maximum absolute atomic E-state index is 10.4. The highest BCUT2D eigenvalue weighted by molar-refractivity contribution is 7.80. The molecule has 0 bridgehead atoms. The van der Waals surface area contributed by atoms with E-state index in [0.29, 0.717) is 11.8 Å². The van der Waals surface area contributed by atoms with E-state index >= 15 is 0 Å². The summed E-state index contributed by atoms with van der Waals surface area (Å²) >= 11 is 4.09. The number of carbonyl (C=O) groups excluding carboxylic acids is 1. The van der Waals surface area contributed by atoms with Gasteiger partial charge in [0.2, 0.25) is 0 Å². The Bertz CT molecular complexity index is 117. The first-order valence-electron chi connectivity index (χ1n) is 3.84. The van der Waals surface area contributed by atoms with Crippen molar-refractivity contribution in [3.63, 3.8) is 0 Å². The summed E-state index contributed by atoms with van der Waals surface area (Å²) < 4.78 is 0. The number of carbonyl (C=O) groups is 1. The summed E-state index contributed by atoms with van der Waals surface area (Å²) in [6.45, 7) is 2.11. The zero-order chi connectivity index (χ0) is 8.85. The number of hydrogen-bond acceptors (Lipinski definition) is 3. The van der Waals surface area contributed by atoms with Crippen LogP contribution in [0.15, 0.2) is 0 Å². The van der Waals surface area contributed by atoms with Crippen LogP contribution in [-0.4, -0.2) is 37.1 Å². The Morgan fingerprint density at radius 1 is 1.55 bits per heavy atom. The Balaban J connectivity index is 3.71. The molecule has 2 nitrogen and oxygen atoms in total. The summed E-state index contributed by atoms with van der Waals surface area (Å²) in [5.41, 5.74) is 0. The molecule has 0 aliphatic rings. The SMILES string of the molecule is CC(CC(C=O)CS)N(C)C. The van der Waals surface area contributed by atoms with Gasteiger partial charge in [-0.1, -0.05) is 0 Å². The third kappa shape index (κ3) is 4.43. The van der Waals surface area contributed by atoms with E-state index in [9.17, 15) is 4.79 Å². The predicted molar refractivity (Wildman–Crippen MR) is 51.2 cm³/mol. The van der Waals surface area contributed by atoms with Crippen molar-refractivity contribution in [2.45, 2.75) is 19.4 Å². The molecule has 0 aromatic heterocycles. The van der Waals surface area contributed by atoms with E-state index < -0.39 is 0 Å². The third-order valence-corrected chi connectivity index (χ3v) is 2.42. The lowest BCUT2D eigenvalue weighted by Gasteiger charge is -2.21. The van der Waals surface area contributed by atoms with Gasteiger partial charge in [0.25, 0.3) is 0 Å². The zero-order valence-electron chi connectivity index (χ0n) is 7.45. The fourth-order valence-corrected chi connectivity index (χ4v) is 1.06. The molecule has 2 unspecified atom stereocenters. The Labute approximate surface area is 74.4 Å². The lowest BCUT2D eigenvalue weighted by atomic mass is 10.0. The number of rotatable bonds is 5. The first kappa shape index (κ1) is 11.0. The molecule has 0 aliphatic carbocycles. The molecule has 0 aliphatic heterocycles. The molecule has 0 saturated heterocycles. The molecule has 3 heteroatoms. The van der Waals surface area contributed by atoms with Crippen molar-refractivity contribution in [2.24, 2.45) is 5.92 Å². The first-order chi connectivity index (χ1) is 5.11. The summed E-state index contributed by atoms with van der Waals surface area (Å²) in [7, 11) is 4.04. The topological polar surface area (TPSA) is 20.3 Å². The van der Waals surface area contributed by atoms with Crippen LogP contribution in [0, 0.1) is 5.92 Å². The van der Waals surface area contributed by atoms with E-state index in [1.807, 2.05) is 14.1 Å². The summed E-state index contributed by atoms with van der Waals surface area (Å²) in [6.07, 6.45) is 1.90. The molecule has 0 amide bonds. The number of hydrogen-bond donors (Lipinski definition) is 1. The second-order valence-electron chi connectivity index (χ2n) is 3.13. The van der Waals surface area contributed by atoms with Crippen molar-refractivity contribution < 1.29 is 4.79 Å². The van der Waals surface area contributed by atoms with Crippen LogP contribution in [0.5, 0.6) is 0 Å². The molecule has 0 heterocycles. The van der Waals surface area contributed by atoms with Crippen LogP contribution in [0.25, 0.3) is 0 Å². The molecule has 0 N–H and O–H groups in total. The Hall–Kier alpha value is -0.0200. The minimum atomic E-state index is 0.107. The van der Waals surface area contributed by atoms with Gasteiger partial charge in [0.05, 0.1) is 0 Å². The van der Waals surface area contributed by atoms with E-state index in [-0.39, 0.29) is 5.92 Å². The number of nitrogens with zero attached hydrogens (tertiary/aromatic N) is 1. The van der Waals surface area contributed by atoms with Gasteiger partial charge in [0.1, 0.15) is 6.29 Å². The average molecular weight is 175 g/mol. The van der Waals surface area contributed by atoms with Crippen molar-refractivity contribution in [2.75, 3.05) is 19.8 Å². The Kier molecular flexibility index (Phi) is 5.60. The fourth-order valence-electron chi connectivity index (χ4n) is 0.822. The van der Waals surface area contributed by atoms with Crippen molar-refractivity contribution in [1.29, 1.82) is 0 Å². The van der Waals surface area contributed by atoms with Gasteiger partial charge in [-0.25, -0.2) is 0 Å². The molecular formula is C8H17NOS. The smallest absolute Gasteiger partial charge is 0.123 e. The lowest BCUT2D eigenvalue weighted by molar-refractivity contribution is -0.110. The molecular weight excluding hydrogens is 158 g/mol. The molecule has 0 fully saturated rings. The molecule has 0 aromatic rings. The normalized spacial score (nSPS) is 16.5. The van der Waals surface area contributed by atoms with Gasteiger partial charge >= 0.3 is 0 Å². The molecule has 0 radical (unpaired) electrons. The van der Waals surface area contributed by atoms with Crippen molar-refractivity contribution in [3.8, 4) is 0 Å². The van der Waals surface area contributed by atoms with Gasteiger partial charge in [0, 0.05) is 12.0 Å². The minimum Gasteiger partial charge on any atom is -0.307 e. The Morgan fingerprint density at radius 3 is 2.36 bits per heavy atom. The molecule has 0 rings (SSSR count). The van der Waals surface area contributed by atoms with Crippen LogP contribution in [0.4, 0.5) is 0 Å². The van der Waals surface area contributed by atoms with Crippen LogP contribution in [0.2, 0.25) is 0 Å². The van der Waals surface area contributed by atoms with E-state index in [1.54, 1.807) is 0 Å². The maximum atomic E-state index is 10.4. The van der Waals surface area contributed by atoms with Crippen LogP contribution in [0.3, 0.4) is 0 Å². The number of thiol groups is 1. The quantitative estimate of drug-likeness (QED) is 0.498. The Morgan fingerprint density at radius 2 is 2.09 bits per heavy atom. The highest BCUT2D eigenvalue weighted by atomic mass is 32.1. The van der Waals surface area contributed by atoms with Crippen molar-refractivity contribution in [3.05, 3.63) is 0 Å². The molecule has 0 saturated carbocycles. The van der Waals surface area contributed by atoms with Crippen LogP contribution in [-0.2, 0) is 4.79 Å². The molecule has 0 spiro atoms. The van der Waals surface area contributed by atoms with Gasteiger partial charge in [-0.3, -0.25) is 0 Å². The van der Waals surface area contributed by atoms with Crippen LogP contribution >= 0.6 is 12.6 Å². The van der Waals surface area contributed by atoms with Gasteiger partial charge in [0.15, 0.2) is 0 Å². The highest BCUT2D eigenvalue weighted by Crippen LogP contribution is 2.08. The summed E-state index contributed by atoms with van der Waals surface area (Å²) in [6, 6.07) is 0.456. The second-order valence-corrected chi connectivity index (χ2v) is 3.49. The predicted octanol–water partition coefficient (Wildman–Crippen LogP) is 1.07. The summed E-state index contributed by atoms with van der Waals surface area (Å²) in [4.78, 5) is 12.5. The van der Waals surface area contributed by atoms with Gasteiger partial charge < -0.3 is 9.69 Å². The largest absolute Gasteiger partial charge is 0.307 e. The summed E-state index contributed by atoms with van der Waals surface area (Å²) in [5.74, 6) is 0.762. The maximum Gasteiger partial charge on any atom is 0.123 e. The minimum absolute atomic E-state index is 0.107. The average Bonchev–Trinajstić information content (AvgIpc) is 1.99. The van der Waals surface area contributed by atoms with Crippen molar-refractivity contribution in [1.82, 2.24) is 4.90 Å². The van der Waals surface area contributed by atoms with Gasteiger partial charge in [-0.15, -0.1) is 0 Å².